The highest BCUT2D eigenvalue weighted by Crippen LogP contribution is 2.02. The smallest absolute Gasteiger partial charge is 0.206 e. The highest BCUT2D eigenvalue weighted by molar-refractivity contribution is 5.77. The van der Waals surface area contributed by atoms with E-state index in [0.717, 1.165) is 6.42 Å². The molecule has 0 unspecified atom stereocenters. The van der Waals surface area contributed by atoms with E-state index in [1.54, 1.807) is 0 Å². The Morgan fingerprint density at radius 3 is 2.38 bits per heavy atom. The van der Waals surface area contributed by atoms with E-state index in [1.807, 2.05) is 22.9 Å². The van der Waals surface area contributed by atoms with E-state index >= 15 is 0 Å². The lowest BCUT2D eigenvalue weighted by Crippen LogP contribution is -2.68. The van der Waals surface area contributed by atoms with Crippen molar-refractivity contribution in [1.29, 1.82) is 0 Å². The zero-order chi connectivity index (χ0) is 12.2. The van der Waals surface area contributed by atoms with Crippen molar-refractivity contribution in [1.82, 2.24) is 0 Å². The molecule has 0 saturated carbocycles. The lowest BCUT2D eigenvalue weighted by Gasteiger charge is -2.17. The topological polar surface area (TPSA) is 113 Å². The molecule has 0 fully saturated rings. The summed E-state index contributed by atoms with van der Waals surface area (Å²) in [6.07, 6.45) is 3.58. The molecule has 1 aliphatic rings. The van der Waals surface area contributed by atoms with Gasteiger partial charge in [0.25, 0.3) is 0 Å². The molecule has 16 heavy (non-hydrogen) atoms. The van der Waals surface area contributed by atoms with E-state index in [-0.39, 0.29) is 0 Å². The normalized spacial score (nSPS) is 14.9. The summed E-state index contributed by atoms with van der Waals surface area (Å²) in [6, 6.07) is 6.05. The van der Waals surface area contributed by atoms with Crippen molar-refractivity contribution in [3.05, 3.63) is 30.1 Å². The van der Waals surface area contributed by atoms with Crippen LogP contribution in [-0.2, 0) is 17.8 Å². The molecule has 0 saturated heterocycles. The molecule has 0 aromatic carbocycles. The van der Waals surface area contributed by atoms with Gasteiger partial charge < -0.3 is 0 Å². The number of aromatic nitrogens is 1. The van der Waals surface area contributed by atoms with Crippen LogP contribution < -0.4 is 23.2 Å². The summed E-state index contributed by atoms with van der Waals surface area (Å²) < 4.78 is 36.0. The van der Waals surface area contributed by atoms with Gasteiger partial charge in [-0.2, -0.15) is 4.57 Å². The molecule has 2 rings (SSSR count). The van der Waals surface area contributed by atoms with Gasteiger partial charge in [0.1, 0.15) is 0 Å². The van der Waals surface area contributed by atoms with E-state index in [2.05, 4.69) is 6.07 Å². The molecule has 0 bridgehead atoms. The molecule has 0 amide bonds. The van der Waals surface area contributed by atoms with Crippen molar-refractivity contribution >= 4 is 5.78 Å². The standard InChI is InChI=1S/C9H10NO.ClHO4/c11-9-5-4-8-3-1-2-6-10(8)7-9;2-1(3,4)5/h1-3,6H,4-5,7H2;(H,2,3,4,5)/q+1;/p-1. The lowest BCUT2D eigenvalue weighted by atomic mass is 10.1. The zero-order valence-corrected chi connectivity index (χ0v) is 9.05. The van der Waals surface area contributed by atoms with Gasteiger partial charge in [-0.3, -0.25) is 4.79 Å². The van der Waals surface area contributed by atoms with Gasteiger partial charge in [0.2, 0.25) is 6.54 Å². The molecular formula is C9H10ClNO5. The van der Waals surface area contributed by atoms with Gasteiger partial charge in [0.05, 0.1) is 0 Å². The number of fused-ring (bicyclic) bond motifs is 1. The van der Waals surface area contributed by atoms with E-state index < -0.39 is 10.2 Å². The minimum Gasteiger partial charge on any atom is -0.293 e. The average molecular weight is 248 g/mol. The Bertz CT molecular complexity index is 370. The first-order valence-electron chi connectivity index (χ1n) is 4.47. The van der Waals surface area contributed by atoms with Crippen LogP contribution in [0.1, 0.15) is 12.1 Å². The monoisotopic (exact) mass is 247 g/mol. The highest BCUT2D eigenvalue weighted by atomic mass is 35.7. The van der Waals surface area contributed by atoms with E-state index in [1.165, 1.54) is 5.69 Å². The largest absolute Gasteiger partial charge is 0.293 e. The van der Waals surface area contributed by atoms with Crippen LogP contribution in [0.25, 0.3) is 0 Å². The van der Waals surface area contributed by atoms with E-state index in [4.69, 9.17) is 18.6 Å². The van der Waals surface area contributed by atoms with Crippen molar-refractivity contribution in [3.8, 4) is 0 Å². The molecule has 88 valence electrons. The molecule has 1 aromatic heterocycles. The van der Waals surface area contributed by atoms with Gasteiger partial charge in [0, 0.05) is 25.0 Å². The molecular weight excluding hydrogens is 238 g/mol. The third-order valence-electron chi connectivity index (χ3n) is 2.04. The van der Waals surface area contributed by atoms with Crippen molar-refractivity contribution in [2.45, 2.75) is 19.4 Å². The van der Waals surface area contributed by atoms with Gasteiger partial charge in [-0.1, -0.05) is 6.07 Å². The molecule has 1 aliphatic heterocycles. The van der Waals surface area contributed by atoms with Crippen molar-refractivity contribution in [3.63, 3.8) is 0 Å². The fraction of sp³-hybridized carbons (Fsp3) is 0.333. The first kappa shape index (κ1) is 13.0. The quantitative estimate of drug-likeness (QED) is 0.431. The first-order valence-corrected chi connectivity index (χ1v) is 5.70. The predicted molar refractivity (Wildman–Crippen MR) is 40.0 cm³/mol. The summed E-state index contributed by atoms with van der Waals surface area (Å²) in [5, 5.41) is 0. The van der Waals surface area contributed by atoms with E-state index in [9.17, 15) is 4.79 Å². The van der Waals surface area contributed by atoms with E-state index in [0.29, 0.717) is 18.7 Å². The van der Waals surface area contributed by atoms with Crippen LogP contribution in [0, 0.1) is 10.2 Å². The van der Waals surface area contributed by atoms with Crippen LogP contribution in [-0.4, -0.2) is 5.78 Å². The second-order valence-corrected chi connectivity index (χ2v) is 3.99. The number of carbonyl (C=O) groups is 1. The Kier molecular flexibility index (Phi) is 4.34. The van der Waals surface area contributed by atoms with Crippen LogP contribution in [0.5, 0.6) is 0 Å². The fourth-order valence-electron chi connectivity index (χ4n) is 1.43. The second kappa shape index (κ2) is 5.33. The number of rotatable bonds is 0. The van der Waals surface area contributed by atoms with Crippen LogP contribution in [0.4, 0.5) is 0 Å². The number of aryl methyl sites for hydroxylation is 1. The fourth-order valence-corrected chi connectivity index (χ4v) is 1.43. The van der Waals surface area contributed by atoms with Crippen LogP contribution in [0.3, 0.4) is 0 Å². The number of Topliss-reactive ketones (excluding diaryl/α,β-unsaturated/α-hetero) is 1. The van der Waals surface area contributed by atoms with Gasteiger partial charge in [-0.25, -0.2) is 18.6 Å². The SMILES string of the molecule is O=C1CCc2cccc[n+]2C1.[O-][Cl+3]([O-])([O-])[O-]. The molecule has 0 atom stereocenters. The van der Waals surface area contributed by atoms with Crippen LogP contribution >= 0.6 is 0 Å². The number of hydrogen-bond acceptors (Lipinski definition) is 5. The Morgan fingerprint density at radius 2 is 1.75 bits per heavy atom. The minimum absolute atomic E-state index is 0.341. The Hall–Kier alpha value is -1.05. The Morgan fingerprint density at radius 1 is 1.12 bits per heavy atom. The maximum absolute atomic E-state index is 11.0. The molecule has 1 aromatic rings. The summed E-state index contributed by atoms with van der Waals surface area (Å²) in [7, 11) is -4.94. The molecule has 0 N–H and O–H groups in total. The minimum atomic E-state index is -4.94. The Balaban J connectivity index is 0.000000221. The predicted octanol–water partition coefficient (Wildman–Crippen LogP) is -4.27. The first-order chi connectivity index (χ1) is 7.36. The number of ketones is 1. The molecule has 0 spiro atoms. The van der Waals surface area contributed by atoms with Gasteiger partial charge in [-0.15, -0.1) is 10.2 Å². The highest BCUT2D eigenvalue weighted by Gasteiger charge is 2.20. The molecule has 2 heterocycles. The number of nitrogens with zero attached hydrogens (tertiary/aromatic N) is 1. The number of pyridine rings is 1. The summed E-state index contributed by atoms with van der Waals surface area (Å²) >= 11 is 0. The van der Waals surface area contributed by atoms with Crippen LogP contribution in [0.2, 0.25) is 0 Å². The van der Waals surface area contributed by atoms with Crippen molar-refractivity contribution in [2.75, 3.05) is 0 Å². The Labute approximate surface area is 94.1 Å². The van der Waals surface area contributed by atoms with Crippen molar-refractivity contribution < 1.29 is 38.2 Å². The van der Waals surface area contributed by atoms with Crippen molar-refractivity contribution in [2.24, 2.45) is 0 Å². The molecule has 7 heteroatoms. The molecule has 0 radical (unpaired) electrons. The third-order valence-corrected chi connectivity index (χ3v) is 2.04. The number of hydrogen-bond donors (Lipinski definition) is 0. The third kappa shape index (κ3) is 5.15. The molecule has 0 aliphatic carbocycles. The number of carbonyl (C=O) groups excluding carboxylic acids is 1. The molecule has 6 nitrogen and oxygen atoms in total. The lowest BCUT2D eigenvalue weighted by molar-refractivity contribution is -2.00. The average Bonchev–Trinajstić information content (AvgIpc) is 2.15. The summed E-state index contributed by atoms with van der Waals surface area (Å²) in [4.78, 5) is 11.0. The maximum atomic E-state index is 11.0. The van der Waals surface area contributed by atoms with Gasteiger partial charge in [-0.05, 0) is 0 Å². The van der Waals surface area contributed by atoms with Crippen LogP contribution in [0.15, 0.2) is 24.4 Å². The second-order valence-electron chi connectivity index (χ2n) is 3.24. The van der Waals surface area contributed by atoms with Gasteiger partial charge >= 0.3 is 0 Å². The summed E-state index contributed by atoms with van der Waals surface area (Å²) in [5.41, 5.74) is 1.27. The summed E-state index contributed by atoms with van der Waals surface area (Å²) in [6.45, 7) is 0.566. The zero-order valence-electron chi connectivity index (χ0n) is 8.30. The maximum Gasteiger partial charge on any atom is 0.206 e. The van der Waals surface area contributed by atoms with Gasteiger partial charge in [0.15, 0.2) is 17.7 Å². The summed E-state index contributed by atoms with van der Waals surface area (Å²) in [5.74, 6) is 0.341. The number of halogens is 1.